The molecule has 0 saturated carbocycles. The molecule has 2 N–H and O–H groups in total. The zero-order valence-electron chi connectivity index (χ0n) is 13.3. The molecule has 0 radical (unpaired) electrons. The van der Waals surface area contributed by atoms with Gasteiger partial charge in [-0.2, -0.15) is 13.2 Å². The monoisotopic (exact) mass is 422 g/mol. The Balaban J connectivity index is 2.00. The Morgan fingerprint density at radius 2 is 2.04 bits per heavy atom. The van der Waals surface area contributed by atoms with Crippen molar-refractivity contribution in [3.63, 3.8) is 0 Å². The van der Waals surface area contributed by atoms with E-state index in [0.717, 1.165) is 6.20 Å². The highest BCUT2D eigenvalue weighted by atomic mass is 35.5. The third-order valence-electron chi connectivity index (χ3n) is 4.06. The number of halogens is 5. The number of hydrogen-bond acceptors (Lipinski definition) is 4. The van der Waals surface area contributed by atoms with Gasteiger partial charge in [0.05, 0.1) is 10.9 Å². The van der Waals surface area contributed by atoms with Crippen molar-refractivity contribution in [2.24, 2.45) is 5.92 Å². The normalized spacial score (nSPS) is 19.1. The molecule has 1 aromatic heterocycles. The lowest BCUT2D eigenvalue weighted by Crippen LogP contribution is -2.49. The summed E-state index contributed by atoms with van der Waals surface area (Å²) in [6.07, 6.45) is -4.01. The third kappa shape index (κ3) is 3.84. The zero-order valence-corrected chi connectivity index (χ0v) is 14.8. The summed E-state index contributed by atoms with van der Waals surface area (Å²) in [7, 11) is 0. The Labute approximate surface area is 160 Å². The molecule has 6 nitrogen and oxygen atoms in total. The summed E-state index contributed by atoms with van der Waals surface area (Å²) in [5, 5.41) is 23.1. The van der Waals surface area contributed by atoms with Crippen LogP contribution >= 0.6 is 23.2 Å². The van der Waals surface area contributed by atoms with Crippen molar-refractivity contribution < 1.29 is 32.5 Å². The van der Waals surface area contributed by atoms with Gasteiger partial charge in [-0.1, -0.05) is 23.2 Å². The van der Waals surface area contributed by atoms with Crippen LogP contribution in [-0.4, -0.2) is 23.3 Å². The van der Waals surface area contributed by atoms with Crippen molar-refractivity contribution in [3.8, 4) is 11.6 Å². The van der Waals surface area contributed by atoms with Gasteiger partial charge in [-0.3, -0.25) is 4.79 Å². The molecule has 27 heavy (non-hydrogen) atoms. The van der Waals surface area contributed by atoms with Crippen LogP contribution in [0.2, 0.25) is 10.0 Å². The highest BCUT2D eigenvalue weighted by Crippen LogP contribution is 2.42. The molecule has 1 aliphatic heterocycles. The summed E-state index contributed by atoms with van der Waals surface area (Å²) in [4.78, 5) is 11.2. The first-order valence-corrected chi connectivity index (χ1v) is 8.27. The number of carboxylic acids is 1. The topological polar surface area (TPSA) is 85.5 Å². The van der Waals surface area contributed by atoms with E-state index in [1.54, 1.807) is 0 Å². The van der Waals surface area contributed by atoms with E-state index in [1.807, 2.05) is 0 Å². The highest BCUT2D eigenvalue weighted by Gasteiger charge is 2.50. The van der Waals surface area contributed by atoms with Crippen molar-refractivity contribution in [1.82, 2.24) is 0 Å². The molecule has 0 bridgehead atoms. The molecule has 2 aromatic rings. The predicted octanol–water partition coefficient (Wildman–Crippen LogP) is 4.02. The van der Waals surface area contributed by atoms with Gasteiger partial charge in [0.2, 0.25) is 0 Å². The van der Waals surface area contributed by atoms with E-state index in [0.29, 0.717) is 4.73 Å². The average molecular weight is 423 g/mol. The summed E-state index contributed by atoms with van der Waals surface area (Å²) < 4.78 is 45.4. The van der Waals surface area contributed by atoms with E-state index in [2.05, 4.69) is 5.32 Å². The Morgan fingerprint density at radius 3 is 2.63 bits per heavy atom. The van der Waals surface area contributed by atoms with Gasteiger partial charge in [0.1, 0.15) is 6.04 Å². The summed E-state index contributed by atoms with van der Waals surface area (Å²) in [6.45, 7) is 0. The molecular weight excluding hydrogens is 412 g/mol. The number of ether oxygens (including phenoxy) is 1. The van der Waals surface area contributed by atoms with E-state index in [1.165, 1.54) is 24.3 Å². The van der Waals surface area contributed by atoms with Crippen LogP contribution in [0, 0.1) is 11.1 Å². The van der Waals surface area contributed by atoms with Crippen LogP contribution in [0.25, 0.3) is 0 Å². The maximum Gasteiger partial charge on any atom is 0.409 e. The van der Waals surface area contributed by atoms with Crippen LogP contribution in [0.3, 0.4) is 0 Å². The Bertz CT molecular complexity index is 888. The molecule has 1 aromatic carbocycles. The van der Waals surface area contributed by atoms with Gasteiger partial charge in [0.15, 0.2) is 17.0 Å². The van der Waals surface area contributed by atoms with E-state index in [4.69, 9.17) is 33.0 Å². The predicted molar refractivity (Wildman–Crippen MR) is 90.2 cm³/mol. The fourth-order valence-corrected chi connectivity index (χ4v) is 3.21. The number of anilines is 1. The van der Waals surface area contributed by atoms with Gasteiger partial charge in [-0.05, 0) is 24.1 Å². The number of hydrogen-bond donors (Lipinski definition) is 2. The minimum Gasteiger partial charge on any atom is -0.616 e. The second-order valence-corrected chi connectivity index (χ2v) is 6.66. The first-order chi connectivity index (χ1) is 12.6. The molecule has 2 atom stereocenters. The van der Waals surface area contributed by atoms with Crippen LogP contribution in [-0.2, 0) is 11.2 Å². The molecule has 0 saturated heterocycles. The smallest absolute Gasteiger partial charge is 0.409 e. The fraction of sp³-hybridized carbons (Fsp3) is 0.250. The van der Waals surface area contributed by atoms with Crippen LogP contribution in [0.1, 0.15) is 5.56 Å². The number of nitrogens with one attached hydrogen (secondary N) is 1. The summed E-state index contributed by atoms with van der Waals surface area (Å²) in [5.74, 6) is -3.67. The minimum atomic E-state index is -4.78. The number of fused-ring (bicyclic) bond motifs is 1. The number of pyridine rings is 1. The van der Waals surface area contributed by atoms with Crippen molar-refractivity contribution in [2.45, 2.75) is 18.6 Å². The molecule has 11 heteroatoms. The van der Waals surface area contributed by atoms with E-state index < -0.39 is 24.1 Å². The van der Waals surface area contributed by atoms with Gasteiger partial charge in [-0.15, -0.1) is 4.73 Å². The van der Waals surface area contributed by atoms with Crippen molar-refractivity contribution in [3.05, 3.63) is 51.3 Å². The SMILES string of the molecule is O=C(O)C1Cc2cc(Cl)c(Oc3c(Cl)ccc[n+]3[O-])cc2NC1C(F)(F)F. The minimum absolute atomic E-state index is 0.00920. The van der Waals surface area contributed by atoms with Gasteiger partial charge in [0.25, 0.3) is 0 Å². The van der Waals surface area contributed by atoms with Crippen LogP contribution < -0.4 is 14.8 Å². The van der Waals surface area contributed by atoms with Crippen molar-refractivity contribution >= 4 is 34.9 Å². The summed E-state index contributed by atoms with van der Waals surface area (Å²) in [6, 6.07) is 2.98. The lowest BCUT2D eigenvalue weighted by atomic mass is 9.86. The van der Waals surface area contributed by atoms with Gasteiger partial charge < -0.3 is 20.4 Å². The average Bonchev–Trinajstić information content (AvgIpc) is 2.56. The lowest BCUT2D eigenvalue weighted by Gasteiger charge is -2.33. The molecule has 3 rings (SSSR count). The molecule has 144 valence electrons. The fourth-order valence-electron chi connectivity index (χ4n) is 2.79. The van der Waals surface area contributed by atoms with Crippen LogP contribution in [0.4, 0.5) is 18.9 Å². The van der Waals surface area contributed by atoms with Crippen LogP contribution in [0.15, 0.2) is 30.5 Å². The van der Waals surface area contributed by atoms with E-state index >= 15 is 0 Å². The number of alkyl halides is 3. The number of aromatic nitrogens is 1. The second kappa shape index (κ2) is 6.97. The van der Waals surface area contributed by atoms with Crippen molar-refractivity contribution in [1.29, 1.82) is 0 Å². The van der Waals surface area contributed by atoms with Crippen LogP contribution in [0.5, 0.6) is 11.6 Å². The first-order valence-electron chi connectivity index (χ1n) is 7.52. The summed E-state index contributed by atoms with van der Waals surface area (Å²) in [5.41, 5.74) is 0.299. The number of rotatable bonds is 3. The van der Waals surface area contributed by atoms with E-state index in [-0.39, 0.29) is 39.3 Å². The number of carboxylic acid groups (broad SMARTS) is 1. The van der Waals surface area contributed by atoms with E-state index in [9.17, 15) is 23.2 Å². The van der Waals surface area contributed by atoms with Gasteiger partial charge >= 0.3 is 18.0 Å². The molecule has 0 aliphatic carbocycles. The van der Waals surface area contributed by atoms with Crippen molar-refractivity contribution in [2.75, 3.05) is 5.32 Å². The number of nitrogens with zero attached hydrogens (tertiary/aromatic N) is 1. The number of benzene rings is 1. The summed E-state index contributed by atoms with van der Waals surface area (Å²) >= 11 is 12.0. The largest absolute Gasteiger partial charge is 0.616 e. The zero-order chi connectivity index (χ0) is 19.9. The number of aliphatic carboxylic acids is 1. The second-order valence-electron chi connectivity index (χ2n) is 5.84. The van der Waals surface area contributed by atoms with Gasteiger partial charge in [0, 0.05) is 17.8 Å². The quantitative estimate of drug-likeness (QED) is 0.576. The molecule has 0 fully saturated rings. The molecule has 0 amide bonds. The molecule has 0 spiro atoms. The lowest BCUT2D eigenvalue weighted by molar-refractivity contribution is -0.611. The Kier molecular flexibility index (Phi) is 5.00. The Hall–Kier alpha value is -2.39. The molecule has 2 heterocycles. The molecule has 1 aliphatic rings. The third-order valence-corrected chi connectivity index (χ3v) is 4.64. The number of carbonyl (C=O) groups is 1. The van der Waals surface area contributed by atoms with Gasteiger partial charge in [-0.25, -0.2) is 0 Å². The maximum atomic E-state index is 13.2. The highest BCUT2D eigenvalue weighted by molar-refractivity contribution is 6.32. The molecule has 2 unspecified atom stereocenters. The Morgan fingerprint density at radius 1 is 1.33 bits per heavy atom. The standard InChI is InChI=1S/C16H11Cl2F3N2O4/c17-9-2-1-3-23(26)14(9)27-12-6-11-7(5-10(12)18)4-8(15(24)25)13(22-11)16(19,20)21/h1-3,5-6,8,13,22H,4H2,(H,24,25). The molecular formula is C16H11Cl2F3N2O4. The first kappa shape index (κ1) is 19.4. The maximum absolute atomic E-state index is 13.2.